The molecule has 0 N–H and O–H groups in total. The molecular formula is C13H15O2. The van der Waals surface area contributed by atoms with Gasteiger partial charge in [-0.3, -0.25) is 0 Å². The minimum absolute atomic E-state index is 0.739. The number of fused-ring (bicyclic) bond motifs is 1. The van der Waals surface area contributed by atoms with E-state index in [0.717, 1.165) is 31.5 Å². The molecule has 1 aromatic carbocycles. The molecule has 15 heavy (non-hydrogen) atoms. The fourth-order valence-electron chi connectivity index (χ4n) is 1.69. The van der Waals surface area contributed by atoms with Gasteiger partial charge in [0.15, 0.2) is 0 Å². The number of benzene rings is 1. The van der Waals surface area contributed by atoms with Gasteiger partial charge in [-0.05, 0) is 37.0 Å². The monoisotopic (exact) mass is 203 g/mol. The first-order valence-electron chi connectivity index (χ1n) is 5.23. The van der Waals surface area contributed by atoms with Gasteiger partial charge in [-0.2, -0.15) is 0 Å². The average Bonchev–Trinajstić information content (AvgIpc) is 2.71. The second kappa shape index (κ2) is 4.99. The number of ether oxygens (including phenoxy) is 1. The summed E-state index contributed by atoms with van der Waals surface area (Å²) in [5, 5.41) is 1.17. The highest BCUT2D eigenvalue weighted by Crippen LogP contribution is 2.18. The topological polar surface area (TPSA) is 22.4 Å². The van der Waals surface area contributed by atoms with Crippen molar-refractivity contribution in [3.05, 3.63) is 43.2 Å². The fourth-order valence-corrected chi connectivity index (χ4v) is 1.69. The predicted octanol–water partition coefficient (Wildman–Crippen LogP) is 3.56. The molecule has 1 radical (unpaired) electrons. The van der Waals surface area contributed by atoms with Crippen LogP contribution in [0.5, 0.6) is 0 Å². The smallest absolute Gasteiger partial charge is 0.134 e. The van der Waals surface area contributed by atoms with Crippen LogP contribution in [0.25, 0.3) is 11.0 Å². The molecule has 1 heterocycles. The minimum atomic E-state index is 0.739. The Kier molecular flexibility index (Phi) is 3.41. The Morgan fingerprint density at radius 2 is 2.13 bits per heavy atom. The van der Waals surface area contributed by atoms with Crippen LogP contribution in [0, 0.1) is 7.11 Å². The van der Waals surface area contributed by atoms with Gasteiger partial charge in [0.1, 0.15) is 5.58 Å². The highest BCUT2D eigenvalue weighted by atomic mass is 16.5. The Bertz CT molecular complexity index is 417. The van der Waals surface area contributed by atoms with E-state index in [1.165, 1.54) is 10.9 Å². The third-order valence-corrected chi connectivity index (χ3v) is 2.52. The number of rotatable bonds is 5. The molecule has 2 nitrogen and oxygen atoms in total. The normalized spacial score (nSPS) is 11.0. The molecule has 79 valence electrons. The van der Waals surface area contributed by atoms with Gasteiger partial charge in [0, 0.05) is 12.0 Å². The molecule has 0 aliphatic rings. The van der Waals surface area contributed by atoms with Crippen LogP contribution in [0.2, 0.25) is 0 Å². The predicted molar refractivity (Wildman–Crippen MR) is 60.5 cm³/mol. The van der Waals surface area contributed by atoms with Crippen molar-refractivity contribution in [1.29, 1.82) is 0 Å². The first kappa shape index (κ1) is 10.2. The Morgan fingerprint density at radius 3 is 3.00 bits per heavy atom. The third kappa shape index (κ3) is 2.60. The van der Waals surface area contributed by atoms with Crippen molar-refractivity contribution in [3.63, 3.8) is 0 Å². The Morgan fingerprint density at radius 1 is 1.20 bits per heavy atom. The van der Waals surface area contributed by atoms with Gasteiger partial charge in [-0.25, -0.2) is 0 Å². The number of hydrogen-bond donors (Lipinski definition) is 0. The van der Waals surface area contributed by atoms with E-state index in [1.54, 1.807) is 6.26 Å². The van der Waals surface area contributed by atoms with E-state index >= 15 is 0 Å². The summed E-state index contributed by atoms with van der Waals surface area (Å²) in [6.45, 7) is 0.739. The van der Waals surface area contributed by atoms with E-state index in [-0.39, 0.29) is 0 Å². The van der Waals surface area contributed by atoms with Crippen LogP contribution in [-0.2, 0) is 11.2 Å². The van der Waals surface area contributed by atoms with E-state index in [0.29, 0.717) is 0 Å². The molecule has 0 aliphatic carbocycles. The second-order valence-electron chi connectivity index (χ2n) is 3.66. The maximum absolute atomic E-state index is 5.35. The van der Waals surface area contributed by atoms with Crippen LogP contribution >= 0.6 is 0 Å². The first-order chi connectivity index (χ1) is 7.40. The molecule has 0 saturated heterocycles. The van der Waals surface area contributed by atoms with Gasteiger partial charge in [0.25, 0.3) is 0 Å². The van der Waals surface area contributed by atoms with Crippen molar-refractivity contribution in [2.45, 2.75) is 19.3 Å². The molecule has 0 saturated carbocycles. The molecular weight excluding hydrogens is 188 g/mol. The van der Waals surface area contributed by atoms with E-state index < -0.39 is 0 Å². The summed E-state index contributed by atoms with van der Waals surface area (Å²) in [7, 11) is 3.35. The van der Waals surface area contributed by atoms with Crippen molar-refractivity contribution in [3.8, 4) is 0 Å². The molecule has 2 heteroatoms. The minimum Gasteiger partial charge on any atom is -0.464 e. The lowest BCUT2D eigenvalue weighted by molar-refractivity contribution is 0.235. The van der Waals surface area contributed by atoms with E-state index in [9.17, 15) is 0 Å². The maximum Gasteiger partial charge on any atom is 0.134 e. The van der Waals surface area contributed by atoms with Crippen LogP contribution in [-0.4, -0.2) is 6.61 Å². The first-order valence-corrected chi connectivity index (χ1v) is 5.23. The average molecular weight is 203 g/mol. The Hall–Kier alpha value is -1.28. The highest BCUT2D eigenvalue weighted by molar-refractivity contribution is 5.77. The van der Waals surface area contributed by atoms with Crippen LogP contribution in [0.4, 0.5) is 0 Å². The van der Waals surface area contributed by atoms with Crippen molar-refractivity contribution in [2.24, 2.45) is 0 Å². The summed E-state index contributed by atoms with van der Waals surface area (Å²) in [5.74, 6) is 0. The second-order valence-corrected chi connectivity index (χ2v) is 3.66. The number of aryl methyl sites for hydroxylation is 1. The fraction of sp³-hybridized carbons (Fsp3) is 0.308. The number of hydrogen-bond acceptors (Lipinski definition) is 2. The zero-order chi connectivity index (χ0) is 10.5. The molecule has 0 atom stereocenters. The van der Waals surface area contributed by atoms with Crippen molar-refractivity contribution >= 4 is 11.0 Å². The lowest BCUT2D eigenvalue weighted by Crippen LogP contribution is -1.90. The lowest BCUT2D eigenvalue weighted by atomic mass is 10.1. The van der Waals surface area contributed by atoms with Crippen LogP contribution in [0.3, 0.4) is 0 Å². The maximum atomic E-state index is 5.35. The zero-order valence-corrected chi connectivity index (χ0v) is 8.74. The molecule has 0 amide bonds. The van der Waals surface area contributed by atoms with E-state index in [1.807, 2.05) is 6.07 Å². The zero-order valence-electron chi connectivity index (χ0n) is 8.74. The van der Waals surface area contributed by atoms with Gasteiger partial charge in [-0.15, -0.1) is 0 Å². The van der Waals surface area contributed by atoms with Crippen molar-refractivity contribution < 1.29 is 9.15 Å². The summed E-state index contributed by atoms with van der Waals surface area (Å²) in [5.41, 5.74) is 2.29. The summed E-state index contributed by atoms with van der Waals surface area (Å²) < 4.78 is 10.1. The molecule has 0 unspecified atom stereocenters. The van der Waals surface area contributed by atoms with Gasteiger partial charge in [-0.1, -0.05) is 12.1 Å². The van der Waals surface area contributed by atoms with Crippen molar-refractivity contribution in [2.75, 3.05) is 6.61 Å². The van der Waals surface area contributed by atoms with E-state index in [2.05, 4.69) is 25.3 Å². The highest BCUT2D eigenvalue weighted by Gasteiger charge is 1.98. The van der Waals surface area contributed by atoms with Gasteiger partial charge >= 0.3 is 0 Å². The molecule has 0 aliphatic heterocycles. The molecule has 2 rings (SSSR count). The summed E-state index contributed by atoms with van der Waals surface area (Å²) in [6.07, 6.45) is 4.98. The standard InChI is InChI=1S/C13H15O2/c1-14-8-3-2-4-11-5-6-12-7-9-15-13(12)10-11/h5-7,9-10H,1-4,8H2. The van der Waals surface area contributed by atoms with Gasteiger partial charge < -0.3 is 9.15 Å². The Balaban J connectivity index is 1.96. The molecule has 0 spiro atoms. The summed E-state index contributed by atoms with van der Waals surface area (Å²) in [4.78, 5) is 0. The lowest BCUT2D eigenvalue weighted by Gasteiger charge is -2.01. The van der Waals surface area contributed by atoms with Crippen molar-refractivity contribution in [1.82, 2.24) is 0 Å². The quantitative estimate of drug-likeness (QED) is 0.693. The molecule has 0 bridgehead atoms. The molecule has 0 fully saturated rings. The summed E-state index contributed by atoms with van der Waals surface area (Å²) in [6, 6.07) is 8.35. The largest absolute Gasteiger partial charge is 0.464 e. The van der Waals surface area contributed by atoms with Crippen LogP contribution in [0.15, 0.2) is 34.9 Å². The van der Waals surface area contributed by atoms with Gasteiger partial charge in [0.05, 0.1) is 13.4 Å². The van der Waals surface area contributed by atoms with Crippen LogP contribution < -0.4 is 0 Å². The number of unbranched alkanes of at least 4 members (excludes halogenated alkanes) is 1. The molecule has 2 aromatic rings. The van der Waals surface area contributed by atoms with Crippen LogP contribution in [0.1, 0.15) is 18.4 Å². The summed E-state index contributed by atoms with van der Waals surface area (Å²) >= 11 is 0. The third-order valence-electron chi connectivity index (χ3n) is 2.52. The number of furan rings is 1. The van der Waals surface area contributed by atoms with E-state index in [4.69, 9.17) is 9.15 Å². The molecule has 1 aromatic heterocycles. The Labute approximate surface area is 89.8 Å². The SMILES string of the molecule is [CH2]OCCCCc1ccc2ccoc2c1. The van der Waals surface area contributed by atoms with Gasteiger partial charge in [0.2, 0.25) is 0 Å².